The van der Waals surface area contributed by atoms with Gasteiger partial charge < -0.3 is 10.4 Å². The summed E-state index contributed by atoms with van der Waals surface area (Å²) in [6.45, 7) is 1.34. The number of aliphatic hydroxyl groups is 1. The minimum Gasteiger partial charge on any atom is -0.389 e. The number of hydrogen-bond acceptors (Lipinski definition) is 4. The maximum atomic E-state index is 10.6. The van der Waals surface area contributed by atoms with Crippen molar-refractivity contribution in [3.05, 3.63) is 28.9 Å². The molecule has 0 saturated heterocycles. The van der Waals surface area contributed by atoms with Gasteiger partial charge in [0, 0.05) is 19.3 Å². The third kappa shape index (κ3) is 3.62. The van der Waals surface area contributed by atoms with Gasteiger partial charge in [-0.2, -0.15) is 0 Å². The van der Waals surface area contributed by atoms with Crippen molar-refractivity contribution in [2.75, 3.05) is 6.54 Å². The van der Waals surface area contributed by atoms with Crippen molar-refractivity contribution in [2.45, 2.75) is 50.7 Å². The van der Waals surface area contributed by atoms with Gasteiger partial charge in [-0.15, -0.1) is 0 Å². The molecule has 1 fully saturated rings. The molecule has 1 aliphatic carbocycles. The van der Waals surface area contributed by atoms with E-state index in [1.165, 1.54) is 12.8 Å². The summed E-state index contributed by atoms with van der Waals surface area (Å²) in [7, 11) is 0. The Morgan fingerprint density at radius 3 is 2.71 bits per heavy atom. The summed E-state index contributed by atoms with van der Waals surface area (Å²) in [5.41, 5.74) is 1.37. The summed E-state index contributed by atoms with van der Waals surface area (Å²) in [6.07, 6.45) is 12.1. The van der Waals surface area contributed by atoms with Crippen LogP contribution in [-0.4, -0.2) is 31.6 Å². The van der Waals surface area contributed by atoms with Crippen LogP contribution >= 0.6 is 15.9 Å². The zero-order valence-electron chi connectivity index (χ0n) is 12.1. The van der Waals surface area contributed by atoms with Gasteiger partial charge in [-0.25, -0.2) is 9.97 Å². The van der Waals surface area contributed by atoms with Crippen LogP contribution in [0.5, 0.6) is 0 Å². The van der Waals surface area contributed by atoms with Crippen LogP contribution in [0.25, 0.3) is 5.65 Å². The van der Waals surface area contributed by atoms with Crippen molar-refractivity contribution in [3.63, 3.8) is 0 Å². The van der Waals surface area contributed by atoms with Crippen LogP contribution in [0.3, 0.4) is 0 Å². The summed E-state index contributed by atoms with van der Waals surface area (Å²) in [4.78, 5) is 8.50. The Bertz CT molecular complexity index is 605. The predicted octanol–water partition coefficient (Wildman–Crippen LogP) is 2.67. The third-order valence-electron chi connectivity index (χ3n) is 4.24. The molecule has 6 heteroatoms. The lowest BCUT2D eigenvalue weighted by Crippen LogP contribution is -2.40. The fraction of sp³-hybridized carbons (Fsp3) is 0.600. The molecule has 0 aliphatic heterocycles. The van der Waals surface area contributed by atoms with Gasteiger partial charge in [0.05, 0.1) is 23.7 Å². The highest BCUT2D eigenvalue weighted by Gasteiger charge is 2.27. The minimum atomic E-state index is -0.543. The van der Waals surface area contributed by atoms with Gasteiger partial charge in [-0.3, -0.25) is 4.40 Å². The second-order valence-electron chi connectivity index (χ2n) is 5.93. The van der Waals surface area contributed by atoms with Gasteiger partial charge in [0.25, 0.3) is 0 Å². The molecule has 1 aliphatic rings. The minimum absolute atomic E-state index is 0.543. The molecule has 0 spiro atoms. The van der Waals surface area contributed by atoms with Gasteiger partial charge in [-0.1, -0.05) is 25.7 Å². The second kappa shape index (κ2) is 6.42. The summed E-state index contributed by atoms with van der Waals surface area (Å²) >= 11 is 3.38. The van der Waals surface area contributed by atoms with E-state index in [1.807, 2.05) is 16.8 Å². The summed E-state index contributed by atoms with van der Waals surface area (Å²) in [6, 6.07) is 0. The molecule has 5 nitrogen and oxygen atoms in total. The first-order valence-electron chi connectivity index (χ1n) is 7.57. The van der Waals surface area contributed by atoms with E-state index in [2.05, 4.69) is 31.2 Å². The maximum absolute atomic E-state index is 10.6. The first kappa shape index (κ1) is 14.9. The molecular formula is C15H21BrN4O. The number of rotatable bonds is 4. The van der Waals surface area contributed by atoms with E-state index in [0.717, 1.165) is 41.6 Å². The van der Waals surface area contributed by atoms with E-state index in [-0.39, 0.29) is 0 Å². The standard InChI is InChI=1S/C15H21BrN4O/c16-13-10-20-12(8-19-14(20)9-18-13)7-17-11-15(21)5-3-1-2-4-6-15/h8-10,17,21H,1-7,11H2. The lowest BCUT2D eigenvalue weighted by Gasteiger charge is -2.26. The average molecular weight is 353 g/mol. The number of nitrogens with one attached hydrogen (secondary N) is 1. The Balaban J connectivity index is 1.62. The molecule has 2 aromatic heterocycles. The van der Waals surface area contributed by atoms with E-state index in [1.54, 1.807) is 6.20 Å². The van der Waals surface area contributed by atoms with Gasteiger partial charge in [0.1, 0.15) is 4.60 Å². The fourth-order valence-electron chi connectivity index (χ4n) is 3.03. The molecule has 3 rings (SSSR count). The highest BCUT2D eigenvalue weighted by molar-refractivity contribution is 9.10. The smallest absolute Gasteiger partial charge is 0.155 e. The molecule has 0 amide bonds. The molecule has 2 N–H and O–H groups in total. The number of nitrogens with zero attached hydrogens (tertiary/aromatic N) is 3. The average Bonchev–Trinajstić information content (AvgIpc) is 2.72. The Hall–Kier alpha value is -0.980. The van der Waals surface area contributed by atoms with Gasteiger partial charge in [0.15, 0.2) is 5.65 Å². The van der Waals surface area contributed by atoms with Crippen molar-refractivity contribution < 1.29 is 5.11 Å². The highest BCUT2D eigenvalue weighted by Crippen LogP contribution is 2.26. The molecule has 0 radical (unpaired) electrons. The van der Waals surface area contributed by atoms with Crippen LogP contribution in [-0.2, 0) is 6.54 Å². The predicted molar refractivity (Wildman–Crippen MR) is 85.0 cm³/mol. The lowest BCUT2D eigenvalue weighted by atomic mass is 9.94. The first-order valence-corrected chi connectivity index (χ1v) is 8.36. The van der Waals surface area contributed by atoms with E-state index in [4.69, 9.17) is 0 Å². The monoisotopic (exact) mass is 352 g/mol. The zero-order chi connectivity index (χ0) is 14.7. The van der Waals surface area contributed by atoms with Crippen molar-refractivity contribution in [1.82, 2.24) is 19.7 Å². The molecule has 2 aromatic rings. The largest absolute Gasteiger partial charge is 0.389 e. The van der Waals surface area contributed by atoms with Crippen LogP contribution in [0.1, 0.15) is 44.2 Å². The molecule has 114 valence electrons. The van der Waals surface area contributed by atoms with E-state index in [9.17, 15) is 5.11 Å². The zero-order valence-corrected chi connectivity index (χ0v) is 13.6. The number of fused-ring (bicyclic) bond motifs is 1. The van der Waals surface area contributed by atoms with E-state index < -0.39 is 5.60 Å². The van der Waals surface area contributed by atoms with Crippen molar-refractivity contribution in [2.24, 2.45) is 0 Å². The topological polar surface area (TPSA) is 62.5 Å². The molecule has 1 saturated carbocycles. The van der Waals surface area contributed by atoms with E-state index in [0.29, 0.717) is 13.1 Å². The molecule has 2 heterocycles. The summed E-state index contributed by atoms with van der Waals surface area (Å²) in [5, 5.41) is 14.0. The summed E-state index contributed by atoms with van der Waals surface area (Å²) < 4.78 is 2.80. The van der Waals surface area contributed by atoms with Crippen molar-refractivity contribution >= 4 is 21.6 Å². The van der Waals surface area contributed by atoms with Crippen LogP contribution in [0.2, 0.25) is 0 Å². The molecule has 0 bridgehead atoms. The normalized spacial score (nSPS) is 18.8. The second-order valence-corrected chi connectivity index (χ2v) is 6.74. The first-order chi connectivity index (χ1) is 10.2. The van der Waals surface area contributed by atoms with Gasteiger partial charge >= 0.3 is 0 Å². The molecular weight excluding hydrogens is 332 g/mol. The molecule has 21 heavy (non-hydrogen) atoms. The Kier molecular flexibility index (Phi) is 4.57. The van der Waals surface area contributed by atoms with Crippen LogP contribution in [0, 0.1) is 0 Å². The van der Waals surface area contributed by atoms with Crippen LogP contribution in [0.4, 0.5) is 0 Å². The number of hydrogen-bond donors (Lipinski definition) is 2. The lowest BCUT2D eigenvalue weighted by molar-refractivity contribution is 0.0249. The van der Waals surface area contributed by atoms with E-state index >= 15 is 0 Å². The van der Waals surface area contributed by atoms with Crippen LogP contribution in [0.15, 0.2) is 23.2 Å². The number of aromatic nitrogens is 3. The maximum Gasteiger partial charge on any atom is 0.155 e. The Morgan fingerprint density at radius 1 is 1.19 bits per heavy atom. The quantitative estimate of drug-likeness (QED) is 0.830. The number of halogens is 1. The van der Waals surface area contributed by atoms with Gasteiger partial charge in [0.2, 0.25) is 0 Å². The molecule has 0 unspecified atom stereocenters. The SMILES string of the molecule is OC1(CNCc2cnc3cnc(Br)cn23)CCCCCC1. The Morgan fingerprint density at radius 2 is 1.95 bits per heavy atom. The fourth-order valence-corrected chi connectivity index (χ4v) is 3.34. The van der Waals surface area contributed by atoms with Crippen LogP contribution < -0.4 is 5.32 Å². The Labute approximate surface area is 132 Å². The van der Waals surface area contributed by atoms with Crippen molar-refractivity contribution in [1.29, 1.82) is 0 Å². The van der Waals surface area contributed by atoms with Crippen molar-refractivity contribution in [3.8, 4) is 0 Å². The number of imidazole rings is 1. The molecule has 0 aromatic carbocycles. The molecule has 0 atom stereocenters. The summed E-state index contributed by atoms with van der Waals surface area (Å²) in [5.74, 6) is 0. The third-order valence-corrected chi connectivity index (χ3v) is 4.65. The van der Waals surface area contributed by atoms with Gasteiger partial charge in [-0.05, 0) is 28.8 Å². The highest BCUT2D eigenvalue weighted by atomic mass is 79.9.